The van der Waals surface area contributed by atoms with Crippen molar-refractivity contribution in [2.45, 2.75) is 20.4 Å². The van der Waals surface area contributed by atoms with E-state index in [1.165, 1.54) is 11.1 Å². The first kappa shape index (κ1) is 14.7. The summed E-state index contributed by atoms with van der Waals surface area (Å²) in [4.78, 5) is 8.64. The van der Waals surface area contributed by atoms with E-state index in [1.807, 2.05) is 18.2 Å². The Labute approximate surface area is 136 Å². The van der Waals surface area contributed by atoms with Crippen molar-refractivity contribution in [1.29, 1.82) is 0 Å². The van der Waals surface area contributed by atoms with Crippen LogP contribution in [0.3, 0.4) is 0 Å². The van der Waals surface area contributed by atoms with Crippen LogP contribution in [0, 0.1) is 13.8 Å². The monoisotopic (exact) mass is 358 g/mol. The highest BCUT2D eigenvalue weighted by Gasteiger charge is 2.12. The van der Waals surface area contributed by atoms with E-state index in [-0.39, 0.29) is 0 Å². The van der Waals surface area contributed by atoms with Gasteiger partial charge >= 0.3 is 0 Å². The quantitative estimate of drug-likeness (QED) is 0.759. The van der Waals surface area contributed by atoms with Crippen LogP contribution in [-0.2, 0) is 6.54 Å². The summed E-state index contributed by atoms with van der Waals surface area (Å²) in [5.41, 5.74) is 3.23. The number of halogens is 1. The van der Waals surface area contributed by atoms with Crippen LogP contribution >= 0.6 is 15.9 Å². The molecule has 112 valence electrons. The van der Waals surface area contributed by atoms with Gasteiger partial charge in [0, 0.05) is 17.2 Å². The topological polar surface area (TPSA) is 63.8 Å². The third-order valence-corrected chi connectivity index (χ3v) is 3.82. The minimum atomic E-state index is 0.471. The van der Waals surface area contributed by atoms with Gasteiger partial charge in [0.25, 0.3) is 5.89 Å². The highest BCUT2D eigenvalue weighted by molar-refractivity contribution is 9.10. The lowest BCUT2D eigenvalue weighted by Crippen LogP contribution is -2.04. The van der Waals surface area contributed by atoms with E-state index < -0.39 is 0 Å². The smallest absolute Gasteiger partial charge is 0.261 e. The maximum atomic E-state index is 5.24. The second kappa shape index (κ2) is 6.27. The average Bonchev–Trinajstić information content (AvgIpc) is 2.95. The lowest BCUT2D eigenvalue weighted by molar-refractivity contribution is 0.425. The molecule has 1 N–H and O–H groups in total. The summed E-state index contributed by atoms with van der Waals surface area (Å²) in [6, 6.07) is 9.98. The Morgan fingerprint density at radius 2 is 2.09 bits per heavy atom. The molecule has 5 nitrogen and oxygen atoms in total. The number of rotatable bonds is 4. The minimum absolute atomic E-state index is 0.471. The van der Waals surface area contributed by atoms with Gasteiger partial charge in [0.2, 0.25) is 0 Å². The molecule has 0 bridgehead atoms. The van der Waals surface area contributed by atoms with E-state index in [1.54, 1.807) is 13.1 Å². The Balaban J connectivity index is 1.85. The van der Waals surface area contributed by atoms with Gasteiger partial charge in [0.1, 0.15) is 5.82 Å². The summed E-state index contributed by atoms with van der Waals surface area (Å²) in [7, 11) is 0. The summed E-state index contributed by atoms with van der Waals surface area (Å²) < 4.78 is 6.30. The van der Waals surface area contributed by atoms with Gasteiger partial charge in [0.15, 0.2) is 5.82 Å². The van der Waals surface area contributed by atoms with Crippen molar-refractivity contribution in [3.63, 3.8) is 0 Å². The van der Waals surface area contributed by atoms with Crippen molar-refractivity contribution in [3.8, 4) is 11.5 Å². The third kappa shape index (κ3) is 3.17. The van der Waals surface area contributed by atoms with E-state index in [9.17, 15) is 0 Å². The molecule has 0 atom stereocenters. The predicted molar refractivity (Wildman–Crippen MR) is 88.5 cm³/mol. The molecule has 22 heavy (non-hydrogen) atoms. The van der Waals surface area contributed by atoms with Crippen molar-refractivity contribution in [2.75, 3.05) is 5.32 Å². The van der Waals surface area contributed by atoms with Crippen molar-refractivity contribution >= 4 is 21.7 Å². The first-order valence-electron chi connectivity index (χ1n) is 6.88. The molecule has 0 radical (unpaired) electrons. The summed E-state index contributed by atoms with van der Waals surface area (Å²) in [5.74, 6) is 1.80. The molecular weight excluding hydrogens is 344 g/mol. The highest BCUT2D eigenvalue weighted by atomic mass is 79.9. The van der Waals surface area contributed by atoms with Crippen molar-refractivity contribution in [2.24, 2.45) is 0 Å². The second-order valence-corrected chi connectivity index (χ2v) is 5.89. The SMILES string of the molecule is Cc1noc(-c2cccnc2NCc2cc(Br)ccc2C)n1. The molecule has 0 saturated heterocycles. The maximum absolute atomic E-state index is 5.24. The van der Waals surface area contributed by atoms with Gasteiger partial charge in [-0.1, -0.05) is 27.2 Å². The molecule has 2 heterocycles. The highest BCUT2D eigenvalue weighted by Crippen LogP contribution is 2.25. The van der Waals surface area contributed by atoms with Crippen LogP contribution in [0.5, 0.6) is 0 Å². The number of hydrogen-bond acceptors (Lipinski definition) is 5. The lowest BCUT2D eigenvalue weighted by atomic mass is 10.1. The summed E-state index contributed by atoms with van der Waals surface area (Å²) in [5, 5.41) is 7.18. The normalized spacial score (nSPS) is 10.7. The Morgan fingerprint density at radius 1 is 1.23 bits per heavy atom. The van der Waals surface area contributed by atoms with Crippen LogP contribution in [-0.4, -0.2) is 15.1 Å². The third-order valence-electron chi connectivity index (χ3n) is 3.32. The first-order chi connectivity index (χ1) is 10.6. The number of nitrogens with one attached hydrogen (secondary N) is 1. The standard InChI is InChI=1S/C16H15BrN4O/c1-10-5-6-13(17)8-12(10)9-19-15-14(4-3-7-18-15)16-20-11(2)21-22-16/h3-8H,9H2,1-2H3,(H,18,19). The number of aryl methyl sites for hydroxylation is 2. The van der Waals surface area contributed by atoms with E-state index in [0.29, 0.717) is 18.3 Å². The molecule has 0 aliphatic rings. The molecule has 2 aromatic heterocycles. The Hall–Kier alpha value is -2.21. The number of nitrogens with zero attached hydrogens (tertiary/aromatic N) is 3. The van der Waals surface area contributed by atoms with Gasteiger partial charge in [-0.25, -0.2) is 4.98 Å². The van der Waals surface area contributed by atoms with E-state index >= 15 is 0 Å². The number of hydrogen-bond donors (Lipinski definition) is 1. The van der Waals surface area contributed by atoms with E-state index in [2.05, 4.69) is 55.4 Å². The second-order valence-electron chi connectivity index (χ2n) is 4.97. The first-order valence-corrected chi connectivity index (χ1v) is 7.67. The average molecular weight is 359 g/mol. The van der Waals surface area contributed by atoms with Crippen LogP contribution in [0.1, 0.15) is 17.0 Å². The molecule has 0 fully saturated rings. The molecule has 0 spiro atoms. The van der Waals surface area contributed by atoms with E-state index in [0.717, 1.165) is 15.9 Å². The van der Waals surface area contributed by atoms with Gasteiger partial charge < -0.3 is 9.84 Å². The minimum Gasteiger partial charge on any atom is -0.365 e. The fourth-order valence-electron chi connectivity index (χ4n) is 2.13. The molecule has 0 aliphatic carbocycles. The lowest BCUT2D eigenvalue weighted by Gasteiger charge is -2.11. The van der Waals surface area contributed by atoms with Crippen LogP contribution in [0.4, 0.5) is 5.82 Å². The molecule has 6 heteroatoms. The van der Waals surface area contributed by atoms with E-state index in [4.69, 9.17) is 4.52 Å². The zero-order valence-corrected chi connectivity index (χ0v) is 13.9. The molecule has 0 unspecified atom stereocenters. The summed E-state index contributed by atoms with van der Waals surface area (Å²) in [6.07, 6.45) is 1.74. The Bertz CT molecular complexity index is 800. The van der Waals surface area contributed by atoms with Gasteiger partial charge in [0.05, 0.1) is 5.56 Å². The molecule has 1 aromatic carbocycles. The molecular formula is C16H15BrN4O. The van der Waals surface area contributed by atoms with Crippen LogP contribution in [0.15, 0.2) is 45.5 Å². The Kier molecular flexibility index (Phi) is 4.20. The van der Waals surface area contributed by atoms with Crippen molar-refractivity contribution in [3.05, 3.63) is 58.0 Å². The summed E-state index contributed by atoms with van der Waals surface area (Å²) >= 11 is 3.50. The molecule has 0 amide bonds. The predicted octanol–water partition coefficient (Wildman–Crippen LogP) is 4.12. The zero-order chi connectivity index (χ0) is 15.5. The maximum Gasteiger partial charge on any atom is 0.261 e. The summed E-state index contributed by atoms with van der Waals surface area (Å²) in [6.45, 7) is 4.55. The van der Waals surface area contributed by atoms with Gasteiger partial charge in [-0.15, -0.1) is 0 Å². The van der Waals surface area contributed by atoms with Crippen molar-refractivity contribution < 1.29 is 4.52 Å². The molecule has 0 aliphatic heterocycles. The van der Waals surface area contributed by atoms with Crippen LogP contribution in [0.25, 0.3) is 11.5 Å². The van der Waals surface area contributed by atoms with Crippen molar-refractivity contribution in [1.82, 2.24) is 15.1 Å². The van der Waals surface area contributed by atoms with Gasteiger partial charge in [-0.2, -0.15) is 4.98 Å². The molecule has 0 saturated carbocycles. The van der Waals surface area contributed by atoms with Gasteiger partial charge in [-0.05, 0) is 49.2 Å². The fourth-order valence-corrected chi connectivity index (χ4v) is 2.54. The Morgan fingerprint density at radius 3 is 2.86 bits per heavy atom. The largest absolute Gasteiger partial charge is 0.365 e. The number of pyridine rings is 1. The molecule has 3 rings (SSSR count). The van der Waals surface area contributed by atoms with Crippen LogP contribution in [0.2, 0.25) is 0 Å². The van der Waals surface area contributed by atoms with Crippen LogP contribution < -0.4 is 5.32 Å². The number of anilines is 1. The number of aromatic nitrogens is 3. The number of benzene rings is 1. The zero-order valence-electron chi connectivity index (χ0n) is 12.3. The fraction of sp³-hybridized carbons (Fsp3) is 0.188. The molecule has 3 aromatic rings. The van der Waals surface area contributed by atoms with Gasteiger partial charge in [-0.3, -0.25) is 0 Å².